The maximum atomic E-state index is 14.4. The van der Waals surface area contributed by atoms with Crippen LogP contribution < -0.4 is 15.4 Å². The molecule has 0 unspecified atom stereocenters. The van der Waals surface area contributed by atoms with Gasteiger partial charge in [-0.05, 0) is 84.3 Å². The molecule has 0 aromatic heterocycles. The zero-order valence-corrected chi connectivity index (χ0v) is 32.1. The first-order chi connectivity index (χ1) is 25.0. The van der Waals surface area contributed by atoms with Crippen LogP contribution in [0.5, 0.6) is 0 Å². The Labute approximate surface area is 311 Å². The van der Waals surface area contributed by atoms with Crippen LogP contribution in [0, 0.1) is 5.82 Å². The average molecular weight is 761 g/mol. The SMILES string of the molecule is C/C=C\CCCCC[C@H](NC(=O)N(C)C(C)(C)C)C(=O)N1C[C@H](OC(=O)N2Cc3cccc(F)c3C2)C[C@H]1C(=O)NC1(C(=O)NS(=O)(=O)C2CC2)CC1. The second kappa shape index (κ2) is 16.0. The molecule has 0 spiro atoms. The van der Waals surface area contributed by atoms with Crippen molar-refractivity contribution in [1.29, 1.82) is 0 Å². The molecule has 2 aliphatic carbocycles. The molecule has 1 aromatic rings. The number of carbonyl (C=O) groups is 5. The molecule has 16 heteroatoms. The molecule has 0 radical (unpaired) electrons. The number of rotatable bonds is 14. The number of likely N-dealkylation sites (tertiary alicyclic amines) is 1. The lowest BCUT2D eigenvalue weighted by Crippen LogP contribution is -2.59. The number of sulfonamides is 1. The lowest BCUT2D eigenvalue weighted by molar-refractivity contribution is -0.141. The molecule has 3 atom stereocenters. The summed E-state index contributed by atoms with van der Waals surface area (Å²) in [4.78, 5) is 72.5. The molecule has 1 saturated heterocycles. The molecule has 3 N–H and O–H groups in total. The highest BCUT2D eigenvalue weighted by molar-refractivity contribution is 7.91. The molecule has 3 fully saturated rings. The number of ether oxygens (including phenoxy) is 1. The quantitative estimate of drug-likeness (QED) is 0.190. The highest BCUT2D eigenvalue weighted by atomic mass is 32.2. The molecule has 53 heavy (non-hydrogen) atoms. The van der Waals surface area contributed by atoms with E-state index in [0.717, 1.165) is 19.3 Å². The topological polar surface area (TPSA) is 175 Å². The number of nitrogens with one attached hydrogen (secondary N) is 3. The van der Waals surface area contributed by atoms with Gasteiger partial charge in [-0.25, -0.2) is 22.4 Å². The smallest absolute Gasteiger partial charge is 0.410 e. The van der Waals surface area contributed by atoms with Crippen molar-refractivity contribution < 1.29 is 41.5 Å². The van der Waals surface area contributed by atoms with Gasteiger partial charge in [-0.15, -0.1) is 0 Å². The van der Waals surface area contributed by atoms with Crippen molar-refractivity contribution in [2.24, 2.45) is 0 Å². The van der Waals surface area contributed by atoms with E-state index in [0.29, 0.717) is 30.4 Å². The van der Waals surface area contributed by atoms with Gasteiger partial charge in [0.1, 0.15) is 29.5 Å². The molecule has 5 rings (SSSR count). The van der Waals surface area contributed by atoms with E-state index in [1.54, 1.807) is 19.2 Å². The molecule has 2 aliphatic heterocycles. The minimum Gasteiger partial charge on any atom is -0.444 e. The van der Waals surface area contributed by atoms with E-state index in [1.165, 1.54) is 20.8 Å². The third-order valence-electron chi connectivity index (χ3n) is 10.6. The van der Waals surface area contributed by atoms with E-state index < -0.39 is 80.2 Å². The molecule has 6 amide bonds. The van der Waals surface area contributed by atoms with Gasteiger partial charge in [0.25, 0.3) is 5.91 Å². The van der Waals surface area contributed by atoms with Crippen LogP contribution in [0.3, 0.4) is 0 Å². The summed E-state index contributed by atoms with van der Waals surface area (Å²) in [5.41, 5.74) is -0.955. The summed E-state index contributed by atoms with van der Waals surface area (Å²) >= 11 is 0. The maximum Gasteiger partial charge on any atom is 0.410 e. The monoisotopic (exact) mass is 760 g/mol. The summed E-state index contributed by atoms with van der Waals surface area (Å²) in [7, 11) is -2.24. The third-order valence-corrected chi connectivity index (χ3v) is 12.4. The van der Waals surface area contributed by atoms with Crippen LogP contribution in [0.2, 0.25) is 0 Å². The van der Waals surface area contributed by atoms with Crippen molar-refractivity contribution in [1.82, 2.24) is 30.1 Å². The summed E-state index contributed by atoms with van der Waals surface area (Å²) in [5, 5.41) is 4.94. The van der Waals surface area contributed by atoms with Gasteiger partial charge in [-0.2, -0.15) is 0 Å². The van der Waals surface area contributed by atoms with Crippen LogP contribution in [-0.2, 0) is 42.2 Å². The predicted octanol–water partition coefficient (Wildman–Crippen LogP) is 3.84. The molecule has 292 valence electrons. The highest BCUT2D eigenvalue weighted by Crippen LogP contribution is 2.38. The largest absolute Gasteiger partial charge is 0.444 e. The van der Waals surface area contributed by atoms with Gasteiger partial charge >= 0.3 is 12.1 Å². The van der Waals surface area contributed by atoms with Crippen molar-refractivity contribution in [3.63, 3.8) is 0 Å². The Kier molecular flexibility index (Phi) is 12.1. The standard InChI is InChI=1S/C37H53FN6O8S/c1-6-7-8-9-10-11-15-29(39-34(48)42(5)36(2,3)4)32(46)44-22-25(52-35(49)43-21-24-13-12-14-28(38)27(24)23-43)20-30(44)31(45)40-37(18-19-37)33(47)41-53(50,51)26-16-17-26/h6-7,12-14,25-26,29-30H,8-11,15-23H2,1-5H3,(H,39,48)(H,40,45)(H,41,47)/b7-6-/t25-,29+,30+/m1/s1. The fraction of sp³-hybridized carbons (Fsp3) is 0.649. The number of halogens is 1. The van der Waals surface area contributed by atoms with Crippen LogP contribution in [0.25, 0.3) is 0 Å². The summed E-state index contributed by atoms with van der Waals surface area (Å²) in [6.07, 6.45) is 7.04. The van der Waals surface area contributed by atoms with Gasteiger partial charge in [0, 0.05) is 31.1 Å². The van der Waals surface area contributed by atoms with E-state index >= 15 is 0 Å². The van der Waals surface area contributed by atoms with Crippen molar-refractivity contribution in [3.05, 3.63) is 47.3 Å². The molecule has 14 nitrogen and oxygen atoms in total. The summed E-state index contributed by atoms with van der Waals surface area (Å²) in [6, 6.07) is 1.93. The molecule has 1 aromatic carbocycles. The van der Waals surface area contributed by atoms with E-state index in [2.05, 4.69) is 21.4 Å². The maximum absolute atomic E-state index is 14.4. The van der Waals surface area contributed by atoms with Gasteiger partial charge in [0.05, 0.1) is 18.3 Å². The van der Waals surface area contributed by atoms with Crippen molar-refractivity contribution in [2.75, 3.05) is 13.6 Å². The highest BCUT2D eigenvalue weighted by Gasteiger charge is 2.55. The van der Waals surface area contributed by atoms with Crippen LogP contribution in [0.15, 0.2) is 30.4 Å². The van der Waals surface area contributed by atoms with Gasteiger partial charge in [-0.3, -0.25) is 24.0 Å². The number of urea groups is 1. The van der Waals surface area contributed by atoms with Crippen LogP contribution in [0.1, 0.15) is 103 Å². The zero-order valence-electron chi connectivity index (χ0n) is 31.3. The van der Waals surface area contributed by atoms with E-state index in [1.807, 2.05) is 33.8 Å². The molecule has 2 heterocycles. The fourth-order valence-corrected chi connectivity index (χ4v) is 7.98. The summed E-state index contributed by atoms with van der Waals surface area (Å²) < 4.78 is 47.4. The number of unbranched alkanes of at least 4 members (excludes halogenated alkanes) is 3. The predicted molar refractivity (Wildman–Crippen MR) is 194 cm³/mol. The van der Waals surface area contributed by atoms with Gasteiger partial charge in [-0.1, -0.05) is 37.1 Å². The number of benzene rings is 1. The normalized spacial score (nSPS) is 21.2. The lowest BCUT2D eigenvalue weighted by Gasteiger charge is -2.34. The second-order valence-electron chi connectivity index (χ2n) is 15.7. The fourth-order valence-electron chi connectivity index (χ4n) is 6.61. The van der Waals surface area contributed by atoms with Gasteiger partial charge in [0.15, 0.2) is 0 Å². The van der Waals surface area contributed by atoms with Crippen molar-refractivity contribution in [2.45, 2.75) is 140 Å². The first kappa shape index (κ1) is 40.0. The summed E-state index contributed by atoms with van der Waals surface area (Å²) in [5.74, 6) is -2.51. The van der Waals surface area contributed by atoms with Crippen LogP contribution in [0.4, 0.5) is 14.0 Å². The number of fused-ring (bicyclic) bond motifs is 1. The Balaban J connectivity index is 1.34. The Morgan fingerprint density at radius 2 is 1.81 bits per heavy atom. The van der Waals surface area contributed by atoms with E-state index in [9.17, 15) is 36.8 Å². The number of amides is 6. The number of hydrogen-bond acceptors (Lipinski definition) is 8. The average Bonchev–Trinajstić information content (AvgIpc) is 4.01. The zero-order chi connectivity index (χ0) is 38.7. The van der Waals surface area contributed by atoms with Crippen molar-refractivity contribution >= 4 is 39.9 Å². The lowest BCUT2D eigenvalue weighted by atomic mass is 10.0. The van der Waals surface area contributed by atoms with Crippen LogP contribution in [-0.4, -0.2) is 101 Å². The van der Waals surface area contributed by atoms with Crippen molar-refractivity contribution in [3.8, 4) is 0 Å². The van der Waals surface area contributed by atoms with Crippen LogP contribution >= 0.6 is 0 Å². The first-order valence-electron chi connectivity index (χ1n) is 18.5. The Morgan fingerprint density at radius 3 is 2.43 bits per heavy atom. The Hall–Kier alpha value is -4.21. The molecule has 4 aliphatic rings. The molecular formula is C37H53FN6O8S. The van der Waals surface area contributed by atoms with E-state index in [4.69, 9.17) is 4.74 Å². The Bertz CT molecular complexity index is 1720. The molecule has 0 bridgehead atoms. The molecule has 2 saturated carbocycles. The number of hydrogen-bond donors (Lipinski definition) is 3. The van der Waals surface area contributed by atoms with E-state index in [-0.39, 0.29) is 45.3 Å². The first-order valence-corrected chi connectivity index (χ1v) is 20.1. The minimum absolute atomic E-state index is 0.00492. The third kappa shape index (κ3) is 9.67. The molecular weight excluding hydrogens is 708 g/mol. The summed E-state index contributed by atoms with van der Waals surface area (Å²) in [6.45, 7) is 7.49. The Morgan fingerprint density at radius 1 is 1.09 bits per heavy atom. The number of nitrogens with zero attached hydrogens (tertiary/aromatic N) is 3. The number of allylic oxidation sites excluding steroid dienone is 2. The minimum atomic E-state index is -3.87. The second-order valence-corrected chi connectivity index (χ2v) is 17.6. The van der Waals surface area contributed by atoms with Gasteiger partial charge < -0.3 is 25.2 Å². The number of carbonyl (C=O) groups excluding carboxylic acids is 5. The van der Waals surface area contributed by atoms with Gasteiger partial charge in [0.2, 0.25) is 21.8 Å².